The molecule has 5 nitrogen and oxygen atoms in total. The van der Waals surface area contributed by atoms with E-state index in [9.17, 15) is 9.90 Å². The topological polar surface area (TPSA) is 59.0 Å². The van der Waals surface area contributed by atoms with Gasteiger partial charge >= 0.3 is 0 Å². The number of hydrogen-bond donors (Lipinski definition) is 1. The molecule has 0 radical (unpaired) electrons. The molecular formula is C14H14BrNO4S2. The van der Waals surface area contributed by atoms with E-state index in [-0.39, 0.29) is 11.7 Å². The predicted molar refractivity (Wildman–Crippen MR) is 94.1 cm³/mol. The Morgan fingerprint density at radius 2 is 2.18 bits per heavy atom. The second-order valence-corrected chi connectivity index (χ2v) is 6.90. The largest absolute Gasteiger partial charge is 0.504 e. The number of phenols is 1. The minimum atomic E-state index is -0.147. The van der Waals surface area contributed by atoms with Gasteiger partial charge in [-0.15, -0.1) is 0 Å². The number of halogens is 1. The zero-order chi connectivity index (χ0) is 16.3. The molecule has 1 amide bonds. The lowest BCUT2D eigenvalue weighted by molar-refractivity contribution is -0.122. The normalized spacial score (nSPS) is 16.7. The molecule has 1 aromatic rings. The maximum Gasteiger partial charge on any atom is 0.266 e. The summed E-state index contributed by atoms with van der Waals surface area (Å²) in [7, 11) is 3.05. The van der Waals surface area contributed by atoms with Crippen LogP contribution in [0.3, 0.4) is 0 Å². The van der Waals surface area contributed by atoms with Crippen LogP contribution in [0, 0.1) is 0 Å². The highest BCUT2D eigenvalue weighted by Crippen LogP contribution is 2.37. The molecule has 1 saturated heterocycles. The Bertz CT molecular complexity index is 648. The van der Waals surface area contributed by atoms with Crippen molar-refractivity contribution in [3.8, 4) is 11.5 Å². The minimum absolute atomic E-state index is 0.0270. The molecule has 22 heavy (non-hydrogen) atoms. The molecule has 2 rings (SSSR count). The van der Waals surface area contributed by atoms with E-state index in [1.807, 2.05) is 0 Å². The smallest absolute Gasteiger partial charge is 0.266 e. The molecule has 1 N–H and O–H groups in total. The fourth-order valence-corrected chi connectivity index (χ4v) is 3.59. The molecule has 0 unspecified atom stereocenters. The summed E-state index contributed by atoms with van der Waals surface area (Å²) in [5.74, 6) is 0.217. The third-order valence-electron chi connectivity index (χ3n) is 2.98. The molecule has 0 atom stereocenters. The van der Waals surface area contributed by atoms with Gasteiger partial charge in [-0.3, -0.25) is 9.69 Å². The Morgan fingerprint density at radius 1 is 1.45 bits per heavy atom. The number of hydrogen-bond acceptors (Lipinski definition) is 6. The second-order valence-electron chi connectivity index (χ2n) is 4.37. The van der Waals surface area contributed by atoms with Crippen molar-refractivity contribution in [1.82, 2.24) is 4.90 Å². The van der Waals surface area contributed by atoms with Gasteiger partial charge in [0.1, 0.15) is 4.32 Å². The number of rotatable bonds is 5. The molecule has 1 aliphatic heterocycles. The van der Waals surface area contributed by atoms with Crippen molar-refractivity contribution >= 4 is 56.2 Å². The molecule has 0 saturated carbocycles. The van der Waals surface area contributed by atoms with Gasteiger partial charge in [-0.25, -0.2) is 0 Å². The van der Waals surface area contributed by atoms with Gasteiger partial charge in [0, 0.05) is 11.6 Å². The van der Waals surface area contributed by atoms with Crippen LogP contribution in [0.15, 0.2) is 21.5 Å². The standard InChI is InChI=1S/C14H14BrNO4S2/c1-19-4-3-16-13(18)12(22-14(16)21)6-8-5-11(20-2)10(17)7-9(8)15/h5-7,17H,3-4H2,1-2H3. The summed E-state index contributed by atoms with van der Waals surface area (Å²) in [6.07, 6.45) is 1.72. The first kappa shape index (κ1) is 17.3. The van der Waals surface area contributed by atoms with Crippen molar-refractivity contribution in [3.05, 3.63) is 27.1 Å². The summed E-state index contributed by atoms with van der Waals surface area (Å²) in [6.45, 7) is 0.856. The van der Waals surface area contributed by atoms with Crippen LogP contribution in [0.1, 0.15) is 5.56 Å². The predicted octanol–water partition coefficient (Wildman–Crippen LogP) is 3.01. The quantitative estimate of drug-likeness (QED) is 0.602. The number of benzene rings is 1. The van der Waals surface area contributed by atoms with Crippen LogP contribution in [0.25, 0.3) is 6.08 Å². The Balaban J connectivity index is 2.30. The zero-order valence-corrected chi connectivity index (χ0v) is 15.2. The first-order valence-electron chi connectivity index (χ1n) is 6.28. The number of thiocarbonyl (C=S) groups is 1. The van der Waals surface area contributed by atoms with Gasteiger partial charge < -0.3 is 14.6 Å². The Morgan fingerprint density at radius 3 is 2.82 bits per heavy atom. The van der Waals surface area contributed by atoms with Gasteiger partial charge in [-0.2, -0.15) is 0 Å². The lowest BCUT2D eigenvalue weighted by atomic mass is 10.2. The fourth-order valence-electron chi connectivity index (χ4n) is 1.85. The minimum Gasteiger partial charge on any atom is -0.504 e. The number of ether oxygens (including phenoxy) is 2. The maximum absolute atomic E-state index is 12.4. The van der Waals surface area contributed by atoms with E-state index in [2.05, 4.69) is 15.9 Å². The van der Waals surface area contributed by atoms with E-state index in [1.165, 1.54) is 29.8 Å². The molecule has 118 valence electrons. The Labute approximate surface area is 146 Å². The molecule has 1 aromatic carbocycles. The molecule has 0 bridgehead atoms. The lowest BCUT2D eigenvalue weighted by Gasteiger charge is -2.13. The molecule has 1 aliphatic rings. The third kappa shape index (κ3) is 3.62. The molecule has 1 heterocycles. The van der Waals surface area contributed by atoms with Crippen molar-refractivity contribution in [2.24, 2.45) is 0 Å². The summed E-state index contributed by atoms with van der Waals surface area (Å²) in [4.78, 5) is 14.4. The summed E-state index contributed by atoms with van der Waals surface area (Å²) in [5, 5.41) is 9.72. The van der Waals surface area contributed by atoms with Crippen molar-refractivity contribution in [3.63, 3.8) is 0 Å². The monoisotopic (exact) mass is 403 g/mol. The number of amides is 1. The van der Waals surface area contributed by atoms with E-state index in [1.54, 1.807) is 19.3 Å². The number of nitrogens with zero attached hydrogens (tertiary/aromatic N) is 1. The van der Waals surface area contributed by atoms with Crippen molar-refractivity contribution < 1.29 is 19.4 Å². The van der Waals surface area contributed by atoms with Gasteiger partial charge in [-0.05, 0) is 23.8 Å². The van der Waals surface area contributed by atoms with Crippen molar-refractivity contribution in [2.45, 2.75) is 0 Å². The van der Waals surface area contributed by atoms with Crippen LogP contribution < -0.4 is 4.74 Å². The highest BCUT2D eigenvalue weighted by molar-refractivity contribution is 9.10. The van der Waals surface area contributed by atoms with E-state index in [4.69, 9.17) is 21.7 Å². The van der Waals surface area contributed by atoms with Crippen LogP contribution >= 0.6 is 39.9 Å². The summed E-state index contributed by atoms with van der Waals surface area (Å²) >= 11 is 9.83. The van der Waals surface area contributed by atoms with Crippen LogP contribution in [0.2, 0.25) is 0 Å². The molecule has 0 spiro atoms. The van der Waals surface area contributed by atoms with Crippen molar-refractivity contribution in [1.29, 1.82) is 0 Å². The van der Waals surface area contributed by atoms with Crippen LogP contribution in [0.5, 0.6) is 11.5 Å². The number of aromatic hydroxyl groups is 1. The highest BCUT2D eigenvalue weighted by Gasteiger charge is 2.31. The molecular weight excluding hydrogens is 390 g/mol. The molecule has 0 aromatic heterocycles. The van der Waals surface area contributed by atoms with Crippen molar-refractivity contribution in [2.75, 3.05) is 27.4 Å². The number of thioether (sulfide) groups is 1. The van der Waals surface area contributed by atoms with E-state index < -0.39 is 0 Å². The Kier molecular flexibility index (Phi) is 5.85. The Hall–Kier alpha value is -1.09. The number of carbonyl (C=O) groups excluding carboxylic acids is 1. The number of carbonyl (C=O) groups is 1. The summed E-state index contributed by atoms with van der Waals surface area (Å²) in [6, 6.07) is 3.18. The van der Waals surface area contributed by atoms with E-state index >= 15 is 0 Å². The van der Waals surface area contributed by atoms with Gasteiger partial charge in [0.2, 0.25) is 0 Å². The summed E-state index contributed by atoms with van der Waals surface area (Å²) < 4.78 is 11.2. The molecule has 1 fully saturated rings. The van der Waals surface area contributed by atoms with Crippen LogP contribution in [-0.4, -0.2) is 47.6 Å². The van der Waals surface area contributed by atoms with Gasteiger partial charge in [-0.1, -0.05) is 39.9 Å². The number of methoxy groups -OCH3 is 2. The van der Waals surface area contributed by atoms with Gasteiger partial charge in [0.05, 0.1) is 25.2 Å². The highest BCUT2D eigenvalue weighted by atomic mass is 79.9. The average Bonchev–Trinajstić information content (AvgIpc) is 2.74. The zero-order valence-electron chi connectivity index (χ0n) is 12.0. The third-order valence-corrected chi connectivity index (χ3v) is 5.04. The second kappa shape index (κ2) is 7.45. The first-order valence-corrected chi connectivity index (χ1v) is 8.30. The fraction of sp³-hybridized carbons (Fsp3) is 0.286. The van der Waals surface area contributed by atoms with E-state index in [0.717, 1.165) is 5.56 Å². The van der Waals surface area contributed by atoms with Gasteiger partial charge in [0.25, 0.3) is 5.91 Å². The SMILES string of the molecule is COCCN1C(=O)C(=Cc2cc(OC)c(O)cc2Br)SC1=S. The summed E-state index contributed by atoms with van der Waals surface area (Å²) in [5.41, 5.74) is 0.724. The van der Waals surface area contributed by atoms with Crippen LogP contribution in [-0.2, 0) is 9.53 Å². The maximum atomic E-state index is 12.4. The molecule has 8 heteroatoms. The first-order chi connectivity index (χ1) is 10.5. The van der Waals surface area contributed by atoms with Gasteiger partial charge in [0.15, 0.2) is 11.5 Å². The average molecular weight is 404 g/mol. The van der Waals surface area contributed by atoms with Crippen LogP contribution in [0.4, 0.5) is 0 Å². The van der Waals surface area contributed by atoms with E-state index in [0.29, 0.717) is 32.6 Å². The lowest BCUT2D eigenvalue weighted by Crippen LogP contribution is -2.31. The molecule has 0 aliphatic carbocycles. The number of phenolic OH excluding ortho intramolecular Hbond substituents is 1.